The number of nitrogens with one attached hydrogen (secondary N) is 2. The molecule has 0 amide bonds. The summed E-state index contributed by atoms with van der Waals surface area (Å²) < 4.78 is 0. The van der Waals surface area contributed by atoms with E-state index >= 15 is 0 Å². The van der Waals surface area contributed by atoms with Gasteiger partial charge in [-0.05, 0) is 25.9 Å². The van der Waals surface area contributed by atoms with Gasteiger partial charge in [-0.1, -0.05) is 11.6 Å². The van der Waals surface area contributed by atoms with Gasteiger partial charge in [0.1, 0.15) is 12.0 Å². The third kappa shape index (κ3) is 3.04. The van der Waals surface area contributed by atoms with Crippen molar-refractivity contribution in [2.75, 3.05) is 18.4 Å². The normalized spacial score (nSPS) is 16.8. The van der Waals surface area contributed by atoms with Crippen molar-refractivity contribution in [1.29, 1.82) is 0 Å². The average molecular weight is 257 g/mol. The van der Waals surface area contributed by atoms with Gasteiger partial charge in [-0.15, -0.1) is 0 Å². The highest BCUT2D eigenvalue weighted by atomic mass is 35.5. The summed E-state index contributed by atoms with van der Waals surface area (Å²) in [6.07, 6.45) is 3.21. The molecule has 0 spiro atoms. The van der Waals surface area contributed by atoms with E-state index in [0.29, 0.717) is 11.9 Å². The molecule has 92 valence electrons. The Bertz CT molecular complexity index is 421. The van der Waals surface area contributed by atoms with E-state index in [1.165, 1.54) is 12.3 Å². The van der Waals surface area contributed by atoms with Crippen LogP contribution in [-0.2, 0) is 0 Å². The van der Waals surface area contributed by atoms with E-state index in [2.05, 4.69) is 15.6 Å². The van der Waals surface area contributed by atoms with E-state index in [-0.39, 0.29) is 10.7 Å². The highest BCUT2D eigenvalue weighted by Gasteiger charge is 2.16. The van der Waals surface area contributed by atoms with Crippen molar-refractivity contribution < 1.29 is 4.92 Å². The molecule has 1 aromatic rings. The standard InChI is InChI=1S/C10H13ClN4O2/c11-9-5-8(15(16)17)6-13-10(9)14-7-1-3-12-4-2-7/h5-7,12H,1-4H2,(H,13,14). The Kier molecular flexibility index (Phi) is 3.75. The topological polar surface area (TPSA) is 80.1 Å². The molecule has 0 aliphatic carbocycles. The molecule has 0 atom stereocenters. The molecule has 1 aliphatic heterocycles. The molecular weight excluding hydrogens is 244 g/mol. The molecule has 0 unspecified atom stereocenters. The molecule has 0 bridgehead atoms. The molecule has 7 heteroatoms. The largest absolute Gasteiger partial charge is 0.366 e. The van der Waals surface area contributed by atoms with E-state index in [1.807, 2.05) is 0 Å². The summed E-state index contributed by atoms with van der Waals surface area (Å²) in [6.45, 7) is 1.92. The van der Waals surface area contributed by atoms with Crippen LogP contribution in [0.5, 0.6) is 0 Å². The van der Waals surface area contributed by atoms with E-state index in [9.17, 15) is 10.1 Å². The second-order valence-corrected chi connectivity index (χ2v) is 4.36. The molecule has 2 heterocycles. The van der Waals surface area contributed by atoms with E-state index in [0.717, 1.165) is 25.9 Å². The zero-order valence-electron chi connectivity index (χ0n) is 9.15. The molecule has 17 heavy (non-hydrogen) atoms. The van der Waals surface area contributed by atoms with Crippen LogP contribution in [-0.4, -0.2) is 29.0 Å². The lowest BCUT2D eigenvalue weighted by Gasteiger charge is -2.24. The number of hydrogen-bond donors (Lipinski definition) is 2. The number of halogens is 1. The van der Waals surface area contributed by atoms with Gasteiger partial charge >= 0.3 is 0 Å². The number of aromatic nitrogens is 1. The van der Waals surface area contributed by atoms with Crippen molar-refractivity contribution in [3.63, 3.8) is 0 Å². The maximum Gasteiger partial charge on any atom is 0.289 e. The van der Waals surface area contributed by atoms with Crippen LogP contribution in [0.25, 0.3) is 0 Å². The third-order valence-corrected chi connectivity index (χ3v) is 3.01. The third-order valence-electron chi connectivity index (χ3n) is 2.72. The first-order valence-corrected chi connectivity index (χ1v) is 5.82. The van der Waals surface area contributed by atoms with Gasteiger partial charge in [0.15, 0.2) is 0 Å². The van der Waals surface area contributed by atoms with Crippen LogP contribution in [0, 0.1) is 10.1 Å². The lowest BCUT2D eigenvalue weighted by Crippen LogP contribution is -2.35. The summed E-state index contributed by atoms with van der Waals surface area (Å²) >= 11 is 5.95. The fourth-order valence-electron chi connectivity index (χ4n) is 1.79. The maximum absolute atomic E-state index is 10.5. The van der Waals surface area contributed by atoms with Gasteiger partial charge in [-0.3, -0.25) is 10.1 Å². The van der Waals surface area contributed by atoms with Gasteiger partial charge in [0, 0.05) is 12.1 Å². The van der Waals surface area contributed by atoms with E-state index < -0.39 is 4.92 Å². The van der Waals surface area contributed by atoms with Crippen molar-refractivity contribution in [2.45, 2.75) is 18.9 Å². The number of pyridine rings is 1. The Morgan fingerprint density at radius 1 is 1.53 bits per heavy atom. The monoisotopic (exact) mass is 256 g/mol. The molecule has 0 saturated carbocycles. The number of piperidine rings is 1. The van der Waals surface area contributed by atoms with Gasteiger partial charge in [-0.25, -0.2) is 4.98 Å². The molecular formula is C10H13ClN4O2. The number of anilines is 1. The van der Waals surface area contributed by atoms with Crippen LogP contribution in [0.4, 0.5) is 11.5 Å². The summed E-state index contributed by atoms with van der Waals surface area (Å²) in [5, 5.41) is 17.3. The van der Waals surface area contributed by atoms with Crippen LogP contribution in [0.3, 0.4) is 0 Å². The fraction of sp³-hybridized carbons (Fsp3) is 0.500. The molecule has 0 radical (unpaired) electrons. The summed E-state index contributed by atoms with van der Waals surface area (Å²) in [4.78, 5) is 14.0. The van der Waals surface area contributed by atoms with Crippen LogP contribution < -0.4 is 10.6 Å². The Balaban J connectivity index is 2.08. The lowest BCUT2D eigenvalue weighted by atomic mass is 10.1. The summed E-state index contributed by atoms with van der Waals surface area (Å²) in [7, 11) is 0. The Morgan fingerprint density at radius 3 is 2.82 bits per heavy atom. The molecule has 1 fully saturated rings. The summed E-state index contributed by atoms with van der Waals surface area (Å²) in [5.41, 5.74) is -0.0918. The molecule has 1 aliphatic rings. The predicted molar refractivity (Wildman–Crippen MR) is 65.4 cm³/mol. The minimum Gasteiger partial charge on any atom is -0.366 e. The first kappa shape index (κ1) is 12.1. The maximum atomic E-state index is 10.5. The zero-order chi connectivity index (χ0) is 12.3. The highest BCUT2D eigenvalue weighted by Crippen LogP contribution is 2.25. The van der Waals surface area contributed by atoms with Gasteiger partial charge in [0.25, 0.3) is 5.69 Å². The zero-order valence-corrected chi connectivity index (χ0v) is 9.91. The van der Waals surface area contributed by atoms with Crippen molar-refractivity contribution in [1.82, 2.24) is 10.3 Å². The number of nitrogens with zero attached hydrogens (tertiary/aromatic N) is 2. The predicted octanol–water partition coefficient (Wildman–Crippen LogP) is 1.81. The average Bonchev–Trinajstić information content (AvgIpc) is 2.33. The molecule has 1 aromatic heterocycles. The van der Waals surface area contributed by atoms with Gasteiger partial charge in [0.2, 0.25) is 0 Å². The van der Waals surface area contributed by atoms with Gasteiger partial charge < -0.3 is 10.6 Å². The van der Waals surface area contributed by atoms with Crippen LogP contribution in [0.15, 0.2) is 12.3 Å². The fourth-order valence-corrected chi connectivity index (χ4v) is 2.01. The molecule has 0 aromatic carbocycles. The van der Waals surface area contributed by atoms with Crippen molar-refractivity contribution in [2.24, 2.45) is 0 Å². The minimum atomic E-state index is -0.507. The quantitative estimate of drug-likeness (QED) is 0.637. The summed E-state index contributed by atoms with van der Waals surface area (Å²) in [5.74, 6) is 0.518. The highest BCUT2D eigenvalue weighted by molar-refractivity contribution is 6.33. The molecule has 6 nitrogen and oxygen atoms in total. The first-order valence-electron chi connectivity index (χ1n) is 5.44. The Morgan fingerprint density at radius 2 is 2.24 bits per heavy atom. The minimum absolute atomic E-state index is 0.0918. The van der Waals surface area contributed by atoms with E-state index in [4.69, 9.17) is 11.6 Å². The van der Waals surface area contributed by atoms with Gasteiger partial charge in [-0.2, -0.15) is 0 Å². The number of hydrogen-bond acceptors (Lipinski definition) is 5. The van der Waals surface area contributed by atoms with Crippen LogP contribution in [0.1, 0.15) is 12.8 Å². The number of rotatable bonds is 3. The Labute approximate surface area is 104 Å². The molecule has 2 N–H and O–H groups in total. The Hall–Kier alpha value is -1.40. The summed E-state index contributed by atoms with van der Waals surface area (Å²) in [6, 6.07) is 1.64. The SMILES string of the molecule is O=[N+]([O-])c1cnc(NC2CCNCC2)c(Cl)c1. The van der Waals surface area contributed by atoms with E-state index in [1.54, 1.807) is 0 Å². The first-order chi connectivity index (χ1) is 8.16. The second kappa shape index (κ2) is 5.29. The van der Waals surface area contributed by atoms with Crippen molar-refractivity contribution >= 4 is 23.1 Å². The van der Waals surface area contributed by atoms with Crippen molar-refractivity contribution in [3.05, 3.63) is 27.4 Å². The van der Waals surface area contributed by atoms with Crippen LogP contribution >= 0.6 is 11.6 Å². The van der Waals surface area contributed by atoms with Gasteiger partial charge in [0.05, 0.1) is 9.95 Å². The smallest absolute Gasteiger partial charge is 0.289 e. The molecule has 1 saturated heterocycles. The lowest BCUT2D eigenvalue weighted by molar-refractivity contribution is -0.385. The molecule has 2 rings (SSSR count). The second-order valence-electron chi connectivity index (χ2n) is 3.95. The van der Waals surface area contributed by atoms with Crippen molar-refractivity contribution in [3.8, 4) is 0 Å². The van der Waals surface area contributed by atoms with Crippen LogP contribution in [0.2, 0.25) is 5.02 Å². The number of nitro groups is 1.